The third kappa shape index (κ3) is 3.81. The van der Waals surface area contributed by atoms with Crippen LogP contribution in [0.2, 0.25) is 0 Å². The second-order valence-electron chi connectivity index (χ2n) is 5.96. The summed E-state index contributed by atoms with van der Waals surface area (Å²) in [5.41, 5.74) is -0.750. The molecule has 7 nitrogen and oxygen atoms in total. The number of carbonyl (C=O) groups is 1. The first-order chi connectivity index (χ1) is 9.91. The lowest BCUT2D eigenvalue weighted by molar-refractivity contribution is -0.122. The minimum absolute atomic E-state index is 0.0682. The molecule has 0 saturated carbocycles. The second kappa shape index (κ2) is 6.26. The highest BCUT2D eigenvalue weighted by atomic mass is 16.2. The van der Waals surface area contributed by atoms with Crippen LogP contribution in [0.3, 0.4) is 0 Å². The molecule has 1 amide bonds. The molecule has 21 heavy (non-hydrogen) atoms. The van der Waals surface area contributed by atoms with Gasteiger partial charge in [-0.15, -0.1) is 0 Å². The van der Waals surface area contributed by atoms with E-state index in [-0.39, 0.29) is 23.4 Å². The summed E-state index contributed by atoms with van der Waals surface area (Å²) < 4.78 is 2.23. The number of carbonyl (C=O) groups excluding carboxylic acids is 1. The van der Waals surface area contributed by atoms with Gasteiger partial charge in [-0.1, -0.05) is 6.92 Å². The Morgan fingerprint density at radius 1 is 1.38 bits per heavy atom. The van der Waals surface area contributed by atoms with Crippen molar-refractivity contribution >= 4 is 5.91 Å². The zero-order chi connectivity index (χ0) is 15.5. The van der Waals surface area contributed by atoms with Crippen molar-refractivity contribution in [2.75, 3.05) is 19.6 Å². The molecule has 1 aliphatic rings. The van der Waals surface area contributed by atoms with Crippen LogP contribution < -0.4 is 21.9 Å². The summed E-state index contributed by atoms with van der Waals surface area (Å²) in [6, 6.07) is 1.28. The quantitative estimate of drug-likeness (QED) is 0.750. The Morgan fingerprint density at radius 2 is 2.05 bits per heavy atom. The zero-order valence-electron chi connectivity index (χ0n) is 12.5. The summed E-state index contributed by atoms with van der Waals surface area (Å²) in [5.74, 6) is -0.212. The van der Waals surface area contributed by atoms with Gasteiger partial charge in [-0.2, -0.15) is 0 Å². The third-order valence-electron chi connectivity index (χ3n) is 4.10. The SMILES string of the molecule is Cn1c(=O)ccn(CC(=O)NCC2(C)CCNCC2)c1=O. The van der Waals surface area contributed by atoms with Crippen molar-refractivity contribution in [1.29, 1.82) is 0 Å². The fraction of sp³-hybridized carbons (Fsp3) is 0.643. The molecule has 2 N–H and O–H groups in total. The average molecular weight is 294 g/mol. The Labute approximate surface area is 123 Å². The summed E-state index contributed by atoms with van der Waals surface area (Å²) >= 11 is 0. The van der Waals surface area contributed by atoms with E-state index in [0.717, 1.165) is 30.5 Å². The topological polar surface area (TPSA) is 85.1 Å². The van der Waals surface area contributed by atoms with Gasteiger partial charge in [0.1, 0.15) is 6.54 Å². The summed E-state index contributed by atoms with van der Waals surface area (Å²) in [6.45, 7) is 4.63. The van der Waals surface area contributed by atoms with E-state index in [2.05, 4.69) is 17.6 Å². The maximum atomic E-state index is 12.0. The molecular formula is C14H22N4O3. The third-order valence-corrected chi connectivity index (χ3v) is 4.10. The number of hydrogen-bond acceptors (Lipinski definition) is 4. The van der Waals surface area contributed by atoms with Crippen LogP contribution in [0.25, 0.3) is 0 Å². The lowest BCUT2D eigenvalue weighted by Crippen LogP contribution is -2.45. The highest BCUT2D eigenvalue weighted by Crippen LogP contribution is 2.26. The molecule has 2 heterocycles. The Hall–Kier alpha value is -1.89. The summed E-state index contributed by atoms with van der Waals surface area (Å²) in [7, 11) is 1.40. The molecule has 7 heteroatoms. The molecule has 1 saturated heterocycles. The van der Waals surface area contributed by atoms with E-state index in [1.165, 1.54) is 23.9 Å². The van der Waals surface area contributed by atoms with Gasteiger partial charge in [0, 0.05) is 25.9 Å². The van der Waals surface area contributed by atoms with Gasteiger partial charge in [0.05, 0.1) is 0 Å². The molecule has 0 atom stereocenters. The molecule has 1 aromatic rings. The van der Waals surface area contributed by atoms with E-state index in [1.807, 2.05) is 0 Å². The molecule has 1 aliphatic heterocycles. The first-order valence-electron chi connectivity index (χ1n) is 7.15. The predicted octanol–water partition coefficient (Wildman–Crippen LogP) is -0.947. The van der Waals surface area contributed by atoms with Crippen LogP contribution in [-0.2, 0) is 18.4 Å². The first kappa shape index (κ1) is 15.5. The number of hydrogen-bond donors (Lipinski definition) is 2. The Bertz CT molecular complexity index is 626. The van der Waals surface area contributed by atoms with Crippen molar-refractivity contribution < 1.29 is 4.79 Å². The van der Waals surface area contributed by atoms with Crippen molar-refractivity contribution in [2.45, 2.75) is 26.3 Å². The predicted molar refractivity (Wildman–Crippen MR) is 79.2 cm³/mol. The van der Waals surface area contributed by atoms with E-state index >= 15 is 0 Å². The van der Waals surface area contributed by atoms with Crippen molar-refractivity contribution in [1.82, 2.24) is 19.8 Å². The molecule has 0 unspecified atom stereocenters. The fourth-order valence-corrected chi connectivity index (χ4v) is 2.47. The van der Waals surface area contributed by atoms with Gasteiger partial charge in [-0.25, -0.2) is 4.79 Å². The normalized spacial score (nSPS) is 17.4. The number of nitrogens with zero attached hydrogens (tertiary/aromatic N) is 2. The van der Waals surface area contributed by atoms with Crippen LogP contribution in [0.4, 0.5) is 0 Å². The van der Waals surface area contributed by atoms with Gasteiger partial charge in [0.2, 0.25) is 5.91 Å². The minimum Gasteiger partial charge on any atom is -0.354 e. The average Bonchev–Trinajstić information content (AvgIpc) is 2.47. The highest BCUT2D eigenvalue weighted by molar-refractivity contribution is 5.75. The van der Waals surface area contributed by atoms with Crippen molar-refractivity contribution in [3.05, 3.63) is 33.1 Å². The molecule has 2 rings (SSSR count). The van der Waals surface area contributed by atoms with Gasteiger partial charge in [0.15, 0.2) is 0 Å². The van der Waals surface area contributed by atoms with E-state index in [9.17, 15) is 14.4 Å². The number of aromatic nitrogens is 2. The zero-order valence-corrected chi connectivity index (χ0v) is 12.5. The van der Waals surface area contributed by atoms with Crippen molar-refractivity contribution in [3.8, 4) is 0 Å². The summed E-state index contributed by atoms with van der Waals surface area (Å²) in [6.07, 6.45) is 3.40. The summed E-state index contributed by atoms with van der Waals surface area (Å²) in [4.78, 5) is 35.1. The Kier molecular flexibility index (Phi) is 4.62. The fourth-order valence-electron chi connectivity index (χ4n) is 2.47. The monoisotopic (exact) mass is 294 g/mol. The lowest BCUT2D eigenvalue weighted by atomic mass is 9.81. The first-order valence-corrected chi connectivity index (χ1v) is 7.15. The molecule has 0 aromatic carbocycles. The van der Waals surface area contributed by atoms with E-state index < -0.39 is 5.69 Å². The van der Waals surface area contributed by atoms with Gasteiger partial charge < -0.3 is 10.6 Å². The smallest absolute Gasteiger partial charge is 0.331 e. The van der Waals surface area contributed by atoms with Gasteiger partial charge in [-0.3, -0.25) is 18.7 Å². The van der Waals surface area contributed by atoms with Gasteiger partial charge in [0.25, 0.3) is 5.56 Å². The molecule has 0 spiro atoms. The standard InChI is InChI=1S/C14H22N4O3/c1-14(4-6-15-7-5-14)10-16-11(19)9-18-8-3-12(20)17(2)13(18)21/h3,8,15H,4-7,9-10H2,1-2H3,(H,16,19). The largest absolute Gasteiger partial charge is 0.354 e. The summed E-state index contributed by atoms with van der Waals surface area (Å²) in [5, 5.41) is 6.18. The molecule has 0 bridgehead atoms. The maximum absolute atomic E-state index is 12.0. The van der Waals surface area contributed by atoms with E-state index in [0.29, 0.717) is 6.54 Å². The number of nitrogens with one attached hydrogen (secondary N) is 2. The maximum Gasteiger partial charge on any atom is 0.331 e. The molecule has 116 valence electrons. The molecule has 1 aromatic heterocycles. The molecule has 1 fully saturated rings. The molecule has 0 radical (unpaired) electrons. The van der Waals surface area contributed by atoms with Gasteiger partial charge in [-0.05, 0) is 31.3 Å². The second-order valence-corrected chi connectivity index (χ2v) is 5.96. The number of rotatable bonds is 4. The molecule has 0 aliphatic carbocycles. The van der Waals surface area contributed by atoms with Crippen LogP contribution in [0.1, 0.15) is 19.8 Å². The van der Waals surface area contributed by atoms with E-state index in [4.69, 9.17) is 0 Å². The van der Waals surface area contributed by atoms with Crippen LogP contribution in [0, 0.1) is 5.41 Å². The minimum atomic E-state index is -0.481. The highest BCUT2D eigenvalue weighted by Gasteiger charge is 2.26. The van der Waals surface area contributed by atoms with E-state index in [1.54, 1.807) is 0 Å². The van der Waals surface area contributed by atoms with Crippen molar-refractivity contribution in [3.63, 3.8) is 0 Å². The Balaban J connectivity index is 1.95. The van der Waals surface area contributed by atoms with Crippen LogP contribution in [0.5, 0.6) is 0 Å². The van der Waals surface area contributed by atoms with Crippen LogP contribution >= 0.6 is 0 Å². The number of amides is 1. The van der Waals surface area contributed by atoms with Crippen LogP contribution in [0.15, 0.2) is 21.9 Å². The van der Waals surface area contributed by atoms with Crippen molar-refractivity contribution in [2.24, 2.45) is 12.5 Å². The number of piperidine rings is 1. The lowest BCUT2D eigenvalue weighted by Gasteiger charge is -2.34. The van der Waals surface area contributed by atoms with Crippen LogP contribution in [-0.4, -0.2) is 34.7 Å². The Morgan fingerprint density at radius 3 is 2.71 bits per heavy atom. The molecular weight excluding hydrogens is 272 g/mol. The van der Waals surface area contributed by atoms with Gasteiger partial charge >= 0.3 is 5.69 Å².